The van der Waals surface area contributed by atoms with Crippen molar-refractivity contribution >= 4 is 35.8 Å². The van der Waals surface area contributed by atoms with Crippen molar-refractivity contribution in [1.82, 2.24) is 5.32 Å². The monoisotopic (exact) mass is 773 g/mol. The molecule has 2 aromatic carbocycles. The average Bonchev–Trinajstić information content (AvgIpc) is 3.11. The molecule has 55 heavy (non-hydrogen) atoms. The van der Waals surface area contributed by atoms with Gasteiger partial charge in [0.2, 0.25) is 5.91 Å². The maximum Gasteiger partial charge on any atom is 0.303 e. The number of benzene rings is 2. The van der Waals surface area contributed by atoms with Crippen LogP contribution in [0.15, 0.2) is 60.7 Å². The Balaban J connectivity index is 1.79. The first-order valence-electron chi connectivity index (χ1n) is 17.5. The summed E-state index contributed by atoms with van der Waals surface area (Å²) < 4.78 is 59.1. The van der Waals surface area contributed by atoms with Crippen molar-refractivity contribution in [3.05, 3.63) is 71.8 Å². The molecule has 2 aliphatic heterocycles. The fourth-order valence-corrected chi connectivity index (χ4v) is 6.14. The van der Waals surface area contributed by atoms with Gasteiger partial charge in [-0.2, -0.15) is 0 Å². The van der Waals surface area contributed by atoms with Gasteiger partial charge in [-0.05, 0) is 11.1 Å². The zero-order valence-electron chi connectivity index (χ0n) is 31.4. The molecule has 17 nitrogen and oxygen atoms in total. The Morgan fingerprint density at radius 2 is 1.04 bits per heavy atom. The van der Waals surface area contributed by atoms with Crippen LogP contribution in [0.4, 0.5) is 0 Å². The Morgan fingerprint density at radius 3 is 1.58 bits per heavy atom. The van der Waals surface area contributed by atoms with E-state index < -0.39 is 104 Å². The smallest absolute Gasteiger partial charge is 0.303 e. The predicted molar refractivity (Wildman–Crippen MR) is 186 cm³/mol. The van der Waals surface area contributed by atoms with Crippen molar-refractivity contribution in [3.8, 4) is 0 Å². The highest BCUT2D eigenvalue weighted by molar-refractivity contribution is 5.73. The van der Waals surface area contributed by atoms with Crippen LogP contribution in [0, 0.1) is 0 Å². The highest BCUT2D eigenvalue weighted by Crippen LogP contribution is 2.35. The van der Waals surface area contributed by atoms with Crippen LogP contribution in [-0.4, -0.2) is 110 Å². The second-order valence-electron chi connectivity index (χ2n) is 12.8. The van der Waals surface area contributed by atoms with E-state index >= 15 is 0 Å². The molecule has 1 amide bonds. The zero-order valence-corrected chi connectivity index (χ0v) is 31.4. The van der Waals surface area contributed by atoms with Crippen molar-refractivity contribution in [3.63, 3.8) is 0 Å². The highest BCUT2D eigenvalue weighted by Gasteiger charge is 2.57. The first kappa shape index (κ1) is 42.8. The summed E-state index contributed by atoms with van der Waals surface area (Å²) in [4.78, 5) is 74.5. The molecule has 10 atom stereocenters. The van der Waals surface area contributed by atoms with E-state index in [0.29, 0.717) is 0 Å². The molecule has 0 bridgehead atoms. The molecule has 300 valence electrons. The summed E-state index contributed by atoms with van der Waals surface area (Å²) in [5, 5.41) is 2.74. The second kappa shape index (κ2) is 20.7. The Hall–Kier alpha value is -4.94. The Morgan fingerprint density at radius 1 is 0.545 bits per heavy atom. The molecule has 0 radical (unpaired) electrons. The lowest BCUT2D eigenvalue weighted by atomic mass is 9.94. The Labute approximate surface area is 318 Å². The Kier molecular flexibility index (Phi) is 16.1. The minimum Gasteiger partial charge on any atom is -0.463 e. The summed E-state index contributed by atoms with van der Waals surface area (Å²) in [6.07, 6.45) is -12.8. The molecule has 2 saturated heterocycles. The third-order valence-corrected chi connectivity index (χ3v) is 8.21. The molecule has 2 fully saturated rings. The van der Waals surface area contributed by atoms with Gasteiger partial charge in [-0.15, -0.1) is 0 Å². The molecule has 1 N–H and O–H groups in total. The van der Waals surface area contributed by atoms with E-state index in [4.69, 9.17) is 47.4 Å². The molecule has 0 unspecified atom stereocenters. The number of rotatable bonds is 16. The zero-order chi connectivity index (χ0) is 40.1. The second-order valence-corrected chi connectivity index (χ2v) is 12.8. The van der Waals surface area contributed by atoms with Crippen molar-refractivity contribution in [2.45, 2.75) is 116 Å². The van der Waals surface area contributed by atoms with Crippen LogP contribution in [0.5, 0.6) is 0 Å². The molecular formula is C38H47NO16. The van der Waals surface area contributed by atoms with Gasteiger partial charge in [-0.25, -0.2) is 0 Å². The quantitative estimate of drug-likeness (QED) is 0.191. The van der Waals surface area contributed by atoms with Gasteiger partial charge in [0, 0.05) is 41.5 Å². The van der Waals surface area contributed by atoms with E-state index in [1.54, 1.807) is 0 Å². The number of ether oxygens (including phenoxy) is 10. The summed E-state index contributed by atoms with van der Waals surface area (Å²) in [5.41, 5.74) is 1.62. The molecule has 2 heterocycles. The number of carbonyl (C=O) groups excluding carboxylic acids is 6. The fraction of sp³-hybridized carbons (Fsp3) is 0.526. The fourth-order valence-electron chi connectivity index (χ4n) is 6.14. The maximum absolute atomic E-state index is 12.7. The third-order valence-electron chi connectivity index (χ3n) is 8.21. The molecule has 0 saturated carbocycles. The summed E-state index contributed by atoms with van der Waals surface area (Å²) in [6.45, 7) is 6.29. The number of nitrogens with one attached hydrogen (secondary N) is 1. The van der Waals surface area contributed by atoms with Gasteiger partial charge >= 0.3 is 29.8 Å². The minimum atomic E-state index is -1.69. The van der Waals surface area contributed by atoms with Crippen LogP contribution >= 0.6 is 0 Å². The SMILES string of the molecule is CC(=O)N[C@H]1[C@@H](OCc2ccccc2)O[C@H](COCc2ccccc2)[C@@H](O[C@@H]2O[C@H](COC(C)=O)[C@@H](OC(C)=O)[C@H](OC(C)=O)[C@H]2OC(C)=O)[C@@H]1OC(C)=O. The van der Waals surface area contributed by atoms with E-state index in [-0.39, 0.29) is 19.8 Å². The predicted octanol–water partition coefficient (Wildman–Crippen LogP) is 2.05. The van der Waals surface area contributed by atoms with Crippen LogP contribution in [0.1, 0.15) is 52.7 Å². The van der Waals surface area contributed by atoms with Gasteiger partial charge in [0.1, 0.15) is 31.0 Å². The molecule has 2 aliphatic rings. The third kappa shape index (κ3) is 13.1. The topological polar surface area (TPSA) is 207 Å². The largest absolute Gasteiger partial charge is 0.463 e. The van der Waals surface area contributed by atoms with Gasteiger partial charge < -0.3 is 52.7 Å². The summed E-state index contributed by atoms with van der Waals surface area (Å²) >= 11 is 0. The molecule has 2 aromatic rings. The van der Waals surface area contributed by atoms with Gasteiger partial charge in [0.15, 0.2) is 37.0 Å². The lowest BCUT2D eigenvalue weighted by Crippen LogP contribution is -2.69. The van der Waals surface area contributed by atoms with Crippen LogP contribution in [0.3, 0.4) is 0 Å². The lowest BCUT2D eigenvalue weighted by molar-refractivity contribution is -0.351. The first-order chi connectivity index (χ1) is 26.2. The van der Waals surface area contributed by atoms with E-state index in [1.165, 1.54) is 6.92 Å². The lowest BCUT2D eigenvalue weighted by Gasteiger charge is -2.49. The average molecular weight is 774 g/mol. The summed E-state index contributed by atoms with van der Waals surface area (Å²) in [7, 11) is 0. The van der Waals surface area contributed by atoms with Crippen molar-refractivity contribution in [1.29, 1.82) is 0 Å². The van der Waals surface area contributed by atoms with Gasteiger partial charge in [0.25, 0.3) is 0 Å². The van der Waals surface area contributed by atoms with Crippen molar-refractivity contribution < 1.29 is 76.1 Å². The number of carbonyl (C=O) groups is 6. The molecule has 0 aromatic heterocycles. The Bertz CT molecular complexity index is 1610. The van der Waals surface area contributed by atoms with Crippen LogP contribution in [0.2, 0.25) is 0 Å². The van der Waals surface area contributed by atoms with Gasteiger partial charge in [0.05, 0.1) is 19.8 Å². The van der Waals surface area contributed by atoms with E-state index in [0.717, 1.165) is 45.7 Å². The minimum absolute atomic E-state index is 0.0389. The molecule has 17 heteroatoms. The summed E-state index contributed by atoms with van der Waals surface area (Å²) in [6, 6.07) is 17.2. The molecule has 4 rings (SSSR count). The van der Waals surface area contributed by atoms with E-state index in [1.807, 2.05) is 60.7 Å². The van der Waals surface area contributed by atoms with E-state index in [9.17, 15) is 28.8 Å². The van der Waals surface area contributed by atoms with Crippen molar-refractivity contribution in [2.24, 2.45) is 0 Å². The van der Waals surface area contributed by atoms with Gasteiger partial charge in [-0.3, -0.25) is 28.8 Å². The van der Waals surface area contributed by atoms with Crippen LogP contribution in [-0.2, 0) is 89.3 Å². The number of hydrogen-bond acceptors (Lipinski definition) is 16. The standard InChI is InChI=1S/C38H47NO16/c1-21(40)39-31-34(50-24(4)43)32(29(19-46-17-27-13-9-7-10-14-27)53-37(31)48-18-28-15-11-8-12-16-28)55-38-36(52-26(6)45)35(51-25(5)44)33(49-23(3)42)30(54-38)20-47-22(2)41/h7-16,29-38H,17-20H2,1-6H3,(H,39,40)/t29-,30-,31-,32-,33-,34-,35+,36-,37+,38+/m1/s1. The normalized spacial score (nSPS) is 27.5. The van der Waals surface area contributed by atoms with Gasteiger partial charge in [-0.1, -0.05) is 60.7 Å². The first-order valence-corrected chi connectivity index (χ1v) is 17.5. The maximum atomic E-state index is 12.7. The highest BCUT2D eigenvalue weighted by atomic mass is 16.8. The molecule has 0 spiro atoms. The van der Waals surface area contributed by atoms with Crippen molar-refractivity contribution in [2.75, 3.05) is 13.2 Å². The van der Waals surface area contributed by atoms with Crippen LogP contribution in [0.25, 0.3) is 0 Å². The van der Waals surface area contributed by atoms with E-state index in [2.05, 4.69) is 5.32 Å². The van der Waals surface area contributed by atoms with Crippen LogP contribution < -0.4 is 5.32 Å². The number of hydrogen-bond donors (Lipinski definition) is 1. The number of amides is 1. The molecular weight excluding hydrogens is 726 g/mol. The molecule has 0 aliphatic carbocycles. The summed E-state index contributed by atoms with van der Waals surface area (Å²) in [5.74, 6) is -4.51. The number of esters is 5.